The summed E-state index contributed by atoms with van der Waals surface area (Å²) in [5.74, 6) is 0.344. The molecule has 0 saturated carbocycles. The van der Waals surface area contributed by atoms with Crippen LogP contribution in [0.25, 0.3) is 16.5 Å². The third-order valence-corrected chi connectivity index (χ3v) is 16.6. The minimum atomic E-state index is -2.45. The number of carbonyl (C=O) groups is 2. The topological polar surface area (TPSA) is 114 Å². The van der Waals surface area contributed by atoms with Crippen molar-refractivity contribution in [3.05, 3.63) is 125 Å². The molecular weight excluding hydrogens is 697 g/mol. The molecule has 1 N–H and O–H groups in total. The average Bonchev–Trinajstić information content (AvgIpc) is 3.86. The van der Waals surface area contributed by atoms with Crippen LogP contribution in [0.4, 0.5) is 5.69 Å². The van der Waals surface area contributed by atoms with Crippen molar-refractivity contribution in [2.45, 2.75) is 69.1 Å². The van der Waals surface area contributed by atoms with E-state index in [0.29, 0.717) is 24.2 Å². The number of nitrogens with zero attached hydrogens (tertiary/aromatic N) is 4. The molecule has 0 bridgehead atoms. The molecule has 278 valence electrons. The van der Waals surface area contributed by atoms with E-state index in [2.05, 4.69) is 37.2 Å². The van der Waals surface area contributed by atoms with Crippen molar-refractivity contribution in [3.63, 3.8) is 0 Å². The fraction of sp³-hybridized carbons (Fsp3) is 0.349. The first kappa shape index (κ1) is 35.9. The summed E-state index contributed by atoms with van der Waals surface area (Å²) in [4.78, 5) is 46.1. The Morgan fingerprint density at radius 1 is 0.981 bits per heavy atom. The number of fused-ring (bicyclic) bond motifs is 3. The van der Waals surface area contributed by atoms with Crippen LogP contribution in [0.5, 0.6) is 5.75 Å². The summed E-state index contributed by atoms with van der Waals surface area (Å²) >= 11 is 0. The molecule has 0 aliphatic carbocycles. The first-order valence-electron chi connectivity index (χ1n) is 18.8. The third kappa shape index (κ3) is 5.77. The smallest absolute Gasteiger partial charge is 0.279 e. The number of rotatable bonds is 9. The van der Waals surface area contributed by atoms with Gasteiger partial charge in [-0.3, -0.25) is 14.4 Å². The largest absolute Gasteiger partial charge is 0.497 e. The zero-order valence-electron chi connectivity index (χ0n) is 31.1. The van der Waals surface area contributed by atoms with E-state index in [0.717, 1.165) is 40.8 Å². The maximum Gasteiger partial charge on any atom is 0.279 e. The molecule has 0 radical (unpaired) electrons. The third-order valence-electron chi connectivity index (χ3n) is 12.2. The molecule has 1 spiro atoms. The van der Waals surface area contributed by atoms with Gasteiger partial charge in [0.15, 0.2) is 5.60 Å². The normalized spacial score (nSPS) is 23.8. The maximum absolute atomic E-state index is 15.2. The molecule has 2 fully saturated rings. The fourth-order valence-electron chi connectivity index (χ4n) is 9.47. The average molecular weight is 743 g/mol. The number of benzene rings is 4. The van der Waals surface area contributed by atoms with Crippen LogP contribution >= 0.6 is 0 Å². The number of likely N-dealkylation sites (tertiary alicyclic amines) is 1. The molecular formula is C43H46N4O6Si. The molecule has 2 saturated heterocycles. The van der Waals surface area contributed by atoms with Crippen molar-refractivity contribution in [3.8, 4) is 11.4 Å². The molecule has 3 aliphatic rings. The van der Waals surface area contributed by atoms with E-state index < -0.39 is 19.8 Å². The number of aliphatic hydroxyl groups excluding tert-OH is 1. The Hall–Kier alpha value is -5.10. The number of hydrogen-bond donors (Lipinski definition) is 1. The molecule has 10 nitrogen and oxygen atoms in total. The lowest BCUT2D eigenvalue weighted by Gasteiger charge is -2.37. The zero-order valence-corrected chi connectivity index (χ0v) is 32.1. The first-order valence-corrected chi connectivity index (χ1v) is 21.9. The number of anilines is 1. The van der Waals surface area contributed by atoms with Crippen molar-refractivity contribution in [2.75, 3.05) is 25.2 Å². The number of carbonyl (C=O) groups excluding carboxylic acids is 2. The molecule has 54 heavy (non-hydrogen) atoms. The van der Waals surface area contributed by atoms with Gasteiger partial charge in [-0.2, -0.15) is 9.78 Å². The number of para-hydroxylation sites is 1. The monoisotopic (exact) mass is 742 g/mol. The maximum atomic E-state index is 15.2. The highest BCUT2D eigenvalue weighted by Crippen LogP contribution is 2.60. The lowest BCUT2D eigenvalue weighted by Crippen LogP contribution is -2.52. The van der Waals surface area contributed by atoms with Crippen LogP contribution < -0.4 is 20.4 Å². The number of ether oxygens (including phenoxy) is 2. The van der Waals surface area contributed by atoms with Gasteiger partial charge in [-0.25, -0.2) is 0 Å². The summed E-state index contributed by atoms with van der Waals surface area (Å²) in [5, 5.41) is 17.0. The minimum absolute atomic E-state index is 0.0407. The Bertz CT molecular complexity index is 2280. The quantitative estimate of drug-likeness (QED) is 0.198. The van der Waals surface area contributed by atoms with Gasteiger partial charge >= 0.3 is 0 Å². The van der Waals surface area contributed by atoms with Crippen molar-refractivity contribution in [1.82, 2.24) is 14.7 Å². The number of aliphatic hydroxyl groups is 1. The molecule has 5 atom stereocenters. The number of amides is 2. The Kier molecular flexibility index (Phi) is 9.27. The van der Waals surface area contributed by atoms with Gasteiger partial charge in [0.2, 0.25) is 5.91 Å². The second-order valence-electron chi connectivity index (χ2n) is 15.5. The Balaban J connectivity index is 1.14. The van der Waals surface area contributed by atoms with Crippen LogP contribution in [0, 0.1) is 5.92 Å². The van der Waals surface area contributed by atoms with Gasteiger partial charge in [0, 0.05) is 23.4 Å². The summed E-state index contributed by atoms with van der Waals surface area (Å²) in [6, 6.07) is 30.8. The van der Waals surface area contributed by atoms with E-state index in [4.69, 9.17) is 9.47 Å². The van der Waals surface area contributed by atoms with Gasteiger partial charge in [0.25, 0.3) is 11.5 Å². The molecule has 4 heterocycles. The highest BCUT2D eigenvalue weighted by atomic mass is 28.3. The predicted molar refractivity (Wildman–Crippen MR) is 211 cm³/mol. The Morgan fingerprint density at radius 2 is 1.70 bits per heavy atom. The van der Waals surface area contributed by atoms with E-state index in [1.807, 2.05) is 83.8 Å². The van der Waals surface area contributed by atoms with Gasteiger partial charge in [0.1, 0.15) is 5.75 Å². The highest BCUT2D eigenvalue weighted by molar-refractivity contribution is 6.91. The van der Waals surface area contributed by atoms with Crippen LogP contribution in [0.15, 0.2) is 108 Å². The fourth-order valence-corrected chi connectivity index (χ4v) is 13.5. The Labute approximate surface area is 315 Å². The van der Waals surface area contributed by atoms with Crippen LogP contribution in [0.2, 0.25) is 18.6 Å². The molecule has 1 aromatic heterocycles. The SMILES string of the molecule is COc1ccc([Si](C)(C)[C@H]2[C@H](CC(=O)N3CCC[C@H]3CO)O[C@@]3(C(=O)N(Cc4ccc(-n5ncc6ccccc6c5=O)cc4)c4ccccc43)[C@@H]2C)cc1. The van der Waals surface area contributed by atoms with Crippen molar-refractivity contribution in [1.29, 1.82) is 0 Å². The summed E-state index contributed by atoms with van der Waals surface area (Å²) in [5.41, 5.74) is 1.56. The van der Waals surface area contributed by atoms with E-state index in [9.17, 15) is 14.7 Å². The number of hydrogen-bond acceptors (Lipinski definition) is 7. The molecule has 5 aromatic rings. The molecule has 3 aliphatic heterocycles. The van der Waals surface area contributed by atoms with Gasteiger partial charge in [-0.05, 0) is 60.3 Å². The summed E-state index contributed by atoms with van der Waals surface area (Å²) in [6.45, 7) is 7.59. The van der Waals surface area contributed by atoms with Gasteiger partial charge in [-0.1, -0.05) is 85.9 Å². The molecule has 2 amide bonds. The number of aromatic nitrogens is 2. The summed E-state index contributed by atoms with van der Waals surface area (Å²) < 4.78 is 14.0. The summed E-state index contributed by atoms with van der Waals surface area (Å²) in [7, 11) is -0.793. The predicted octanol–water partition coefficient (Wildman–Crippen LogP) is 5.53. The molecule has 11 heteroatoms. The first-order chi connectivity index (χ1) is 26.1. The molecule has 4 aromatic carbocycles. The number of methoxy groups -OCH3 is 1. The van der Waals surface area contributed by atoms with Gasteiger partial charge in [0.05, 0.1) is 69.9 Å². The van der Waals surface area contributed by atoms with E-state index in [1.165, 1.54) is 9.87 Å². The van der Waals surface area contributed by atoms with Gasteiger partial charge in [-0.15, -0.1) is 0 Å². The van der Waals surface area contributed by atoms with E-state index in [1.54, 1.807) is 24.3 Å². The molecule has 8 rings (SSSR count). The van der Waals surface area contributed by atoms with E-state index >= 15 is 4.79 Å². The van der Waals surface area contributed by atoms with Crippen LogP contribution in [0.1, 0.15) is 37.3 Å². The minimum Gasteiger partial charge on any atom is -0.497 e. The lowest BCUT2D eigenvalue weighted by atomic mass is 9.82. The van der Waals surface area contributed by atoms with Crippen molar-refractivity contribution >= 4 is 41.5 Å². The Morgan fingerprint density at radius 3 is 2.44 bits per heavy atom. The van der Waals surface area contributed by atoms with Gasteiger partial charge < -0.3 is 24.4 Å². The van der Waals surface area contributed by atoms with Crippen LogP contribution in [-0.2, 0) is 26.5 Å². The summed E-state index contributed by atoms with van der Waals surface area (Å²) in [6.07, 6.45) is 2.95. The standard InChI is InChI=1S/C43H46N4O6Si/c1-28-40(54(3,4)34-21-19-33(52-2)20-22-34)38(24-39(49)45-23-9-11-32(45)27-48)53-43(28)36-13-7-8-14-37(36)46(42(43)51)26-29-15-17-31(18-16-29)47-41(50)35-12-6-5-10-30(35)25-44-47/h5-8,10,12-22,25,28,32,38,40,48H,9,11,23-24,26-27H2,1-4H3/t28-,32+,38+,40-,43+/m1/s1. The lowest BCUT2D eigenvalue weighted by molar-refractivity contribution is -0.150. The van der Waals surface area contributed by atoms with E-state index in [-0.39, 0.29) is 47.9 Å². The molecule has 0 unspecified atom stereocenters. The second kappa shape index (κ2) is 14.0. The van der Waals surface area contributed by atoms with Crippen molar-refractivity contribution < 1.29 is 24.2 Å². The van der Waals surface area contributed by atoms with Crippen LogP contribution in [0.3, 0.4) is 0 Å². The van der Waals surface area contributed by atoms with Crippen molar-refractivity contribution in [2.24, 2.45) is 5.92 Å². The van der Waals surface area contributed by atoms with Crippen LogP contribution in [-0.4, -0.2) is 72.1 Å². The highest BCUT2D eigenvalue weighted by Gasteiger charge is 2.66. The zero-order chi connectivity index (χ0) is 37.8. The second-order valence-corrected chi connectivity index (χ2v) is 20.1.